The van der Waals surface area contributed by atoms with Crippen LogP contribution in [0.2, 0.25) is 0 Å². The third kappa shape index (κ3) is 4.86. The maximum atomic E-state index is 12.0. The van der Waals surface area contributed by atoms with Crippen LogP contribution >= 0.6 is 0 Å². The van der Waals surface area contributed by atoms with Crippen molar-refractivity contribution in [3.63, 3.8) is 0 Å². The number of carbonyl (C=O) groups is 2. The van der Waals surface area contributed by atoms with Crippen LogP contribution in [0.15, 0.2) is 24.3 Å². The van der Waals surface area contributed by atoms with E-state index in [0.29, 0.717) is 18.8 Å². The maximum Gasteiger partial charge on any atom is 0.335 e. The lowest BCUT2D eigenvalue weighted by molar-refractivity contribution is -0.122. The lowest BCUT2D eigenvalue weighted by atomic mass is 9.84. The molecule has 2 N–H and O–H groups in total. The topological polar surface area (TPSA) is 66.4 Å². The molecule has 0 spiro atoms. The molecule has 0 saturated heterocycles. The van der Waals surface area contributed by atoms with Crippen molar-refractivity contribution < 1.29 is 14.7 Å². The van der Waals surface area contributed by atoms with Gasteiger partial charge in [0.1, 0.15) is 0 Å². The standard InChI is InChI=1S/C18H25NO3/c1-13(15-5-3-2-4-6-15)19-17(20)12-9-14-7-10-16(11-8-14)18(21)22/h7-8,10-11,13,15H,2-6,9,12H2,1H3,(H,19,20)(H,21,22). The minimum absolute atomic E-state index is 0.0837. The van der Waals surface area contributed by atoms with E-state index in [0.717, 1.165) is 5.56 Å². The van der Waals surface area contributed by atoms with Gasteiger partial charge in [0, 0.05) is 12.5 Å². The van der Waals surface area contributed by atoms with E-state index in [1.807, 2.05) is 0 Å². The molecule has 1 aliphatic rings. The van der Waals surface area contributed by atoms with E-state index in [2.05, 4.69) is 12.2 Å². The average Bonchev–Trinajstić information content (AvgIpc) is 2.54. The molecule has 0 heterocycles. The summed E-state index contributed by atoms with van der Waals surface area (Å²) in [6, 6.07) is 6.98. The Kier molecular flexibility index (Phi) is 5.99. The monoisotopic (exact) mass is 303 g/mol. The first-order chi connectivity index (χ1) is 10.6. The molecule has 1 atom stereocenters. The molecule has 1 aliphatic carbocycles. The van der Waals surface area contributed by atoms with Gasteiger partial charge in [-0.1, -0.05) is 31.4 Å². The first-order valence-electron chi connectivity index (χ1n) is 8.18. The van der Waals surface area contributed by atoms with Gasteiger partial charge in [0.05, 0.1) is 5.56 Å². The van der Waals surface area contributed by atoms with Gasteiger partial charge in [-0.05, 0) is 49.8 Å². The zero-order valence-electron chi connectivity index (χ0n) is 13.2. The Morgan fingerprint density at radius 2 is 1.82 bits per heavy atom. The van der Waals surface area contributed by atoms with Crippen LogP contribution in [0, 0.1) is 5.92 Å². The summed E-state index contributed by atoms with van der Waals surface area (Å²) in [7, 11) is 0. The van der Waals surface area contributed by atoms with Crippen molar-refractivity contribution in [1.82, 2.24) is 5.32 Å². The van der Waals surface area contributed by atoms with Crippen molar-refractivity contribution in [2.24, 2.45) is 5.92 Å². The van der Waals surface area contributed by atoms with Crippen molar-refractivity contribution in [2.45, 2.75) is 57.9 Å². The van der Waals surface area contributed by atoms with Crippen LogP contribution in [0.25, 0.3) is 0 Å². The molecule has 1 aromatic carbocycles. The molecule has 22 heavy (non-hydrogen) atoms. The molecule has 1 fully saturated rings. The average molecular weight is 303 g/mol. The maximum absolute atomic E-state index is 12.0. The van der Waals surface area contributed by atoms with Crippen molar-refractivity contribution in [1.29, 1.82) is 0 Å². The number of carboxylic acids is 1. The highest BCUT2D eigenvalue weighted by molar-refractivity contribution is 5.87. The van der Waals surface area contributed by atoms with E-state index in [1.54, 1.807) is 24.3 Å². The largest absolute Gasteiger partial charge is 0.478 e. The Labute approximate surface area is 131 Å². The van der Waals surface area contributed by atoms with Crippen molar-refractivity contribution in [3.05, 3.63) is 35.4 Å². The second-order valence-corrected chi connectivity index (χ2v) is 6.26. The number of amides is 1. The highest BCUT2D eigenvalue weighted by Gasteiger charge is 2.21. The molecule has 0 aliphatic heterocycles. The van der Waals surface area contributed by atoms with Crippen molar-refractivity contribution in [2.75, 3.05) is 0 Å². The van der Waals surface area contributed by atoms with Gasteiger partial charge in [-0.15, -0.1) is 0 Å². The fourth-order valence-corrected chi connectivity index (χ4v) is 3.15. The summed E-state index contributed by atoms with van der Waals surface area (Å²) < 4.78 is 0. The number of carboxylic acid groups (broad SMARTS) is 1. The fourth-order valence-electron chi connectivity index (χ4n) is 3.15. The summed E-state index contributed by atoms with van der Waals surface area (Å²) in [5, 5.41) is 12.0. The minimum Gasteiger partial charge on any atom is -0.478 e. The molecule has 0 aromatic heterocycles. The summed E-state index contributed by atoms with van der Waals surface area (Å²) in [4.78, 5) is 22.8. The normalized spacial score (nSPS) is 17.0. The lowest BCUT2D eigenvalue weighted by Gasteiger charge is -2.28. The first-order valence-corrected chi connectivity index (χ1v) is 8.18. The highest BCUT2D eigenvalue weighted by Crippen LogP contribution is 2.26. The molecule has 4 heteroatoms. The molecule has 1 amide bonds. The number of hydrogen-bond donors (Lipinski definition) is 2. The third-order valence-corrected chi connectivity index (χ3v) is 4.59. The number of aryl methyl sites for hydroxylation is 1. The summed E-state index contributed by atoms with van der Waals surface area (Å²) in [6.07, 6.45) is 7.41. The van der Waals surface area contributed by atoms with Crippen molar-refractivity contribution >= 4 is 11.9 Å². The van der Waals surface area contributed by atoms with Gasteiger partial charge in [-0.3, -0.25) is 4.79 Å². The Bertz CT molecular complexity index is 504. The molecule has 1 saturated carbocycles. The molecule has 0 radical (unpaired) electrons. The Morgan fingerprint density at radius 3 is 2.41 bits per heavy atom. The van der Waals surface area contributed by atoms with Crippen LogP contribution in [0.1, 0.15) is 61.4 Å². The Hall–Kier alpha value is -1.84. The molecule has 2 rings (SSSR count). The summed E-state index contributed by atoms with van der Waals surface area (Å²) in [5.74, 6) is -0.224. The molecular formula is C18H25NO3. The fraction of sp³-hybridized carbons (Fsp3) is 0.556. The number of aromatic carboxylic acids is 1. The van der Waals surface area contributed by atoms with E-state index in [9.17, 15) is 9.59 Å². The zero-order valence-corrected chi connectivity index (χ0v) is 13.2. The highest BCUT2D eigenvalue weighted by atomic mass is 16.4. The van der Waals surface area contributed by atoms with Crippen LogP contribution in [0.3, 0.4) is 0 Å². The SMILES string of the molecule is CC(NC(=O)CCc1ccc(C(=O)O)cc1)C1CCCCC1. The van der Waals surface area contributed by atoms with Gasteiger partial charge in [0.2, 0.25) is 5.91 Å². The number of hydrogen-bond acceptors (Lipinski definition) is 2. The van der Waals surface area contributed by atoms with Gasteiger partial charge in [0.25, 0.3) is 0 Å². The smallest absolute Gasteiger partial charge is 0.335 e. The number of benzene rings is 1. The van der Waals surface area contributed by atoms with E-state index in [1.165, 1.54) is 32.1 Å². The van der Waals surface area contributed by atoms with E-state index in [-0.39, 0.29) is 17.5 Å². The van der Waals surface area contributed by atoms with Gasteiger partial charge in [-0.2, -0.15) is 0 Å². The van der Waals surface area contributed by atoms with Crippen molar-refractivity contribution in [3.8, 4) is 0 Å². The predicted octanol–water partition coefficient (Wildman–Crippen LogP) is 3.40. The predicted molar refractivity (Wildman–Crippen MR) is 85.9 cm³/mol. The summed E-state index contributed by atoms with van der Waals surface area (Å²) in [6.45, 7) is 2.11. The second kappa shape index (κ2) is 7.97. The summed E-state index contributed by atoms with van der Waals surface area (Å²) >= 11 is 0. The molecule has 1 aromatic rings. The van der Waals surface area contributed by atoms with Crippen LogP contribution in [0.4, 0.5) is 0 Å². The lowest BCUT2D eigenvalue weighted by Crippen LogP contribution is -2.38. The number of rotatable bonds is 6. The number of carbonyl (C=O) groups excluding carboxylic acids is 1. The quantitative estimate of drug-likeness (QED) is 0.846. The third-order valence-electron chi connectivity index (χ3n) is 4.59. The van der Waals surface area contributed by atoms with Crippen LogP contribution < -0.4 is 5.32 Å². The van der Waals surface area contributed by atoms with Gasteiger partial charge < -0.3 is 10.4 Å². The van der Waals surface area contributed by atoms with Crippen LogP contribution in [0.5, 0.6) is 0 Å². The molecule has 120 valence electrons. The van der Waals surface area contributed by atoms with Gasteiger partial charge in [-0.25, -0.2) is 4.79 Å². The Balaban J connectivity index is 1.75. The molecule has 4 nitrogen and oxygen atoms in total. The number of nitrogens with one attached hydrogen (secondary N) is 1. The molecule has 1 unspecified atom stereocenters. The van der Waals surface area contributed by atoms with Gasteiger partial charge >= 0.3 is 5.97 Å². The zero-order chi connectivity index (χ0) is 15.9. The second-order valence-electron chi connectivity index (χ2n) is 6.26. The first kappa shape index (κ1) is 16.5. The molecular weight excluding hydrogens is 278 g/mol. The van der Waals surface area contributed by atoms with E-state index in [4.69, 9.17) is 5.11 Å². The molecule has 0 bridgehead atoms. The van der Waals surface area contributed by atoms with E-state index < -0.39 is 5.97 Å². The Morgan fingerprint density at radius 1 is 1.18 bits per heavy atom. The van der Waals surface area contributed by atoms with E-state index >= 15 is 0 Å². The summed E-state index contributed by atoms with van der Waals surface area (Å²) in [5.41, 5.74) is 1.27. The van der Waals surface area contributed by atoms with Crippen LogP contribution in [-0.2, 0) is 11.2 Å². The minimum atomic E-state index is -0.925. The van der Waals surface area contributed by atoms with Crippen LogP contribution in [-0.4, -0.2) is 23.0 Å². The van der Waals surface area contributed by atoms with Gasteiger partial charge in [0.15, 0.2) is 0 Å².